The Labute approximate surface area is 118 Å². The van der Waals surface area contributed by atoms with Gasteiger partial charge in [-0.3, -0.25) is 14.4 Å². The Bertz CT molecular complexity index is 413. The molecular formula is C14H22N2O4. The van der Waals surface area contributed by atoms with Gasteiger partial charge in [0.2, 0.25) is 11.8 Å². The number of rotatable bonds is 4. The fraction of sp³-hybridized carbons (Fsp3) is 0.786. The highest BCUT2D eigenvalue weighted by molar-refractivity contribution is 5.80. The molecule has 0 saturated carbocycles. The first-order chi connectivity index (χ1) is 9.42. The first-order valence-electron chi connectivity index (χ1n) is 7.21. The lowest BCUT2D eigenvalue weighted by Crippen LogP contribution is -2.45. The van der Waals surface area contributed by atoms with Crippen LogP contribution in [0.4, 0.5) is 0 Å². The highest BCUT2D eigenvalue weighted by atomic mass is 16.4. The molecule has 2 fully saturated rings. The molecule has 0 spiro atoms. The maximum atomic E-state index is 12.1. The third-order valence-electron chi connectivity index (χ3n) is 4.50. The van der Waals surface area contributed by atoms with Crippen molar-refractivity contribution in [3.05, 3.63) is 0 Å². The highest BCUT2D eigenvalue weighted by Gasteiger charge is 2.38. The summed E-state index contributed by atoms with van der Waals surface area (Å²) < 4.78 is 0. The molecule has 0 aromatic carbocycles. The van der Waals surface area contributed by atoms with Crippen LogP contribution in [0.5, 0.6) is 0 Å². The van der Waals surface area contributed by atoms with Crippen molar-refractivity contribution < 1.29 is 19.5 Å². The molecule has 2 saturated heterocycles. The molecule has 2 aliphatic heterocycles. The number of carbonyl (C=O) groups is 3. The van der Waals surface area contributed by atoms with Gasteiger partial charge in [-0.1, -0.05) is 0 Å². The Balaban J connectivity index is 1.77. The summed E-state index contributed by atoms with van der Waals surface area (Å²) >= 11 is 0. The molecule has 2 amide bonds. The summed E-state index contributed by atoms with van der Waals surface area (Å²) in [5, 5.41) is 9.15. The van der Waals surface area contributed by atoms with Crippen LogP contribution in [-0.2, 0) is 14.4 Å². The van der Waals surface area contributed by atoms with Gasteiger partial charge < -0.3 is 14.9 Å². The number of carbonyl (C=O) groups excluding carboxylic acids is 2. The number of hydrogen-bond acceptors (Lipinski definition) is 3. The van der Waals surface area contributed by atoms with Crippen molar-refractivity contribution in [2.75, 3.05) is 26.2 Å². The van der Waals surface area contributed by atoms with Crippen LogP contribution in [0.25, 0.3) is 0 Å². The third-order valence-corrected chi connectivity index (χ3v) is 4.50. The fourth-order valence-electron chi connectivity index (χ4n) is 2.79. The number of carboxylic acids is 1. The van der Waals surface area contributed by atoms with Crippen molar-refractivity contribution in [1.82, 2.24) is 9.80 Å². The molecule has 1 N–H and O–H groups in total. The number of hydrogen-bond donors (Lipinski definition) is 1. The van der Waals surface area contributed by atoms with Crippen molar-refractivity contribution in [3.63, 3.8) is 0 Å². The van der Waals surface area contributed by atoms with Gasteiger partial charge >= 0.3 is 5.97 Å². The molecule has 112 valence electrons. The first-order valence-corrected chi connectivity index (χ1v) is 7.21. The zero-order valence-corrected chi connectivity index (χ0v) is 11.9. The van der Waals surface area contributed by atoms with Crippen molar-refractivity contribution in [1.29, 1.82) is 0 Å². The smallest absolute Gasteiger partial charge is 0.309 e. The molecule has 0 radical (unpaired) electrons. The molecule has 0 aliphatic carbocycles. The molecule has 20 heavy (non-hydrogen) atoms. The van der Waals surface area contributed by atoms with E-state index in [0.717, 1.165) is 13.0 Å². The largest absolute Gasteiger partial charge is 0.481 e. The lowest BCUT2D eigenvalue weighted by molar-refractivity contribution is -0.153. The summed E-state index contributed by atoms with van der Waals surface area (Å²) in [6.07, 6.45) is 2.81. The van der Waals surface area contributed by atoms with Gasteiger partial charge in [0, 0.05) is 39.0 Å². The summed E-state index contributed by atoms with van der Waals surface area (Å²) in [5.74, 6) is -0.626. The molecule has 2 aliphatic rings. The average molecular weight is 282 g/mol. The van der Waals surface area contributed by atoms with E-state index in [2.05, 4.69) is 0 Å². The third kappa shape index (κ3) is 3.11. The number of likely N-dealkylation sites (tertiary alicyclic amines) is 2. The van der Waals surface area contributed by atoms with Gasteiger partial charge in [0.25, 0.3) is 0 Å². The normalized spacial score (nSPS) is 22.1. The van der Waals surface area contributed by atoms with E-state index in [1.807, 2.05) is 0 Å². The van der Waals surface area contributed by atoms with Crippen LogP contribution in [-0.4, -0.2) is 58.9 Å². The lowest BCUT2D eigenvalue weighted by Gasteiger charge is -2.36. The molecule has 0 unspecified atom stereocenters. The minimum atomic E-state index is -0.785. The summed E-state index contributed by atoms with van der Waals surface area (Å²) in [4.78, 5) is 38.1. The number of nitrogens with zero attached hydrogens (tertiary/aromatic N) is 2. The number of aliphatic carboxylic acids is 1. The first kappa shape index (κ1) is 14.8. The number of carboxylic acid groups (broad SMARTS) is 1. The van der Waals surface area contributed by atoms with Crippen molar-refractivity contribution >= 4 is 17.8 Å². The van der Waals surface area contributed by atoms with E-state index in [-0.39, 0.29) is 11.8 Å². The predicted octanol–water partition coefficient (Wildman–Crippen LogP) is 0.712. The summed E-state index contributed by atoms with van der Waals surface area (Å²) in [5.41, 5.74) is -0.707. The Hall–Kier alpha value is -1.59. The van der Waals surface area contributed by atoms with Gasteiger partial charge in [-0.05, 0) is 26.2 Å². The molecule has 6 nitrogen and oxygen atoms in total. The summed E-state index contributed by atoms with van der Waals surface area (Å²) in [7, 11) is 0. The molecule has 0 aromatic heterocycles. The van der Waals surface area contributed by atoms with Crippen molar-refractivity contribution in [2.24, 2.45) is 5.41 Å². The van der Waals surface area contributed by atoms with E-state index in [1.165, 1.54) is 0 Å². The second-order valence-electron chi connectivity index (χ2n) is 5.98. The van der Waals surface area contributed by atoms with Gasteiger partial charge in [0.1, 0.15) is 0 Å². The Kier molecular flexibility index (Phi) is 4.30. The SMILES string of the molecule is CC1(C(=O)O)CCN(C(=O)CCN2CCCC2=O)CC1. The standard InChI is InChI=1S/C14H22N2O4/c1-14(13(19)20)5-9-16(10-6-14)12(18)4-8-15-7-2-3-11(15)17/h2-10H2,1H3,(H,19,20). The van der Waals surface area contributed by atoms with E-state index in [0.29, 0.717) is 45.3 Å². The molecule has 0 atom stereocenters. The molecule has 0 bridgehead atoms. The lowest BCUT2D eigenvalue weighted by atomic mass is 9.80. The molecule has 0 aromatic rings. The van der Waals surface area contributed by atoms with Crippen LogP contribution in [0.2, 0.25) is 0 Å². The Morgan fingerprint density at radius 2 is 1.90 bits per heavy atom. The van der Waals surface area contributed by atoms with E-state index in [1.54, 1.807) is 16.7 Å². The topological polar surface area (TPSA) is 77.9 Å². The summed E-state index contributed by atoms with van der Waals surface area (Å²) in [6.45, 7) is 3.97. The van der Waals surface area contributed by atoms with Crippen LogP contribution in [0, 0.1) is 5.41 Å². The van der Waals surface area contributed by atoms with Gasteiger partial charge in [0.05, 0.1) is 5.41 Å². The van der Waals surface area contributed by atoms with Crippen molar-refractivity contribution in [3.8, 4) is 0 Å². The molecule has 6 heteroatoms. The van der Waals surface area contributed by atoms with Gasteiger partial charge in [-0.2, -0.15) is 0 Å². The minimum Gasteiger partial charge on any atom is -0.481 e. The van der Waals surface area contributed by atoms with Crippen LogP contribution < -0.4 is 0 Å². The maximum Gasteiger partial charge on any atom is 0.309 e. The van der Waals surface area contributed by atoms with Crippen LogP contribution in [0.15, 0.2) is 0 Å². The molecule has 2 rings (SSSR count). The van der Waals surface area contributed by atoms with E-state index in [9.17, 15) is 14.4 Å². The second-order valence-corrected chi connectivity index (χ2v) is 5.98. The minimum absolute atomic E-state index is 0.0251. The molecular weight excluding hydrogens is 260 g/mol. The number of amides is 2. The Morgan fingerprint density at radius 3 is 2.40 bits per heavy atom. The van der Waals surface area contributed by atoms with E-state index < -0.39 is 11.4 Å². The predicted molar refractivity (Wildman–Crippen MR) is 72.0 cm³/mol. The highest BCUT2D eigenvalue weighted by Crippen LogP contribution is 2.31. The van der Waals surface area contributed by atoms with Gasteiger partial charge in [-0.15, -0.1) is 0 Å². The van der Waals surface area contributed by atoms with Crippen LogP contribution in [0.1, 0.15) is 39.0 Å². The maximum absolute atomic E-state index is 12.1. The van der Waals surface area contributed by atoms with Crippen LogP contribution >= 0.6 is 0 Å². The summed E-state index contributed by atoms with van der Waals surface area (Å²) in [6, 6.07) is 0. The van der Waals surface area contributed by atoms with Crippen molar-refractivity contribution in [2.45, 2.75) is 39.0 Å². The second kappa shape index (κ2) is 5.81. The Morgan fingerprint density at radius 1 is 1.25 bits per heavy atom. The van der Waals surface area contributed by atoms with Gasteiger partial charge in [0.15, 0.2) is 0 Å². The van der Waals surface area contributed by atoms with E-state index in [4.69, 9.17) is 5.11 Å². The number of piperidine rings is 1. The molecule has 2 heterocycles. The zero-order valence-electron chi connectivity index (χ0n) is 11.9. The zero-order chi connectivity index (χ0) is 14.8. The average Bonchev–Trinajstić information content (AvgIpc) is 2.82. The van der Waals surface area contributed by atoms with Gasteiger partial charge in [-0.25, -0.2) is 0 Å². The van der Waals surface area contributed by atoms with Crippen LogP contribution in [0.3, 0.4) is 0 Å². The van der Waals surface area contributed by atoms with E-state index >= 15 is 0 Å². The monoisotopic (exact) mass is 282 g/mol. The fourth-order valence-corrected chi connectivity index (χ4v) is 2.79. The quantitative estimate of drug-likeness (QED) is 0.824.